The maximum Gasteiger partial charge on any atom is 0.0714 e. The summed E-state index contributed by atoms with van der Waals surface area (Å²) in [4.78, 5) is 1.07. The van der Waals surface area contributed by atoms with Crippen molar-refractivity contribution in [2.75, 3.05) is 0 Å². The molecule has 0 atom stereocenters. The van der Waals surface area contributed by atoms with E-state index in [-0.39, 0.29) is 0 Å². The molecule has 0 heterocycles. The largest absolute Gasteiger partial charge is 0.220 e. The number of benzene rings is 1. The van der Waals surface area contributed by atoms with Gasteiger partial charge in [0.1, 0.15) is 0 Å². The Hall–Kier alpha value is -0.550. The topological polar surface area (TPSA) is 38.7 Å². The normalized spacial score (nSPS) is 48.1. The molecule has 0 saturated heterocycles. The third-order valence-corrected chi connectivity index (χ3v) is 12.9. The Kier molecular flexibility index (Phi) is 5.48. The van der Waals surface area contributed by atoms with Crippen LogP contribution < -0.4 is 0 Å². The van der Waals surface area contributed by atoms with Crippen LogP contribution in [0.1, 0.15) is 89.2 Å². The molecule has 1 aromatic rings. The second-order valence-electron chi connectivity index (χ2n) is 14.2. The van der Waals surface area contributed by atoms with Gasteiger partial charge >= 0.3 is 0 Å². The molecule has 8 aliphatic rings. The van der Waals surface area contributed by atoms with Crippen LogP contribution in [0.4, 0.5) is 0 Å². The van der Waals surface area contributed by atoms with Crippen molar-refractivity contribution in [1.29, 1.82) is 0 Å². The van der Waals surface area contributed by atoms with Crippen LogP contribution in [0.15, 0.2) is 23.1 Å². The fourth-order valence-corrected chi connectivity index (χ4v) is 11.5. The first-order chi connectivity index (χ1) is 16.4. The van der Waals surface area contributed by atoms with Crippen molar-refractivity contribution in [3.8, 4) is 0 Å². The van der Waals surface area contributed by atoms with Crippen molar-refractivity contribution < 1.29 is 14.6 Å². The van der Waals surface area contributed by atoms with Crippen molar-refractivity contribution in [3.05, 3.63) is 29.3 Å². The van der Waals surface area contributed by atoms with Crippen molar-refractivity contribution in [3.63, 3.8) is 0 Å². The van der Waals surface area contributed by atoms with Crippen LogP contribution in [0.2, 0.25) is 0 Å². The zero-order valence-electron chi connectivity index (χ0n) is 21.0. The molecule has 9 rings (SSSR count). The highest BCUT2D eigenvalue weighted by Gasteiger charge is 2.55. The molecule has 0 radical (unpaired) electrons. The molecule has 1 aromatic carbocycles. The van der Waals surface area contributed by atoms with Gasteiger partial charge in [0, 0.05) is 4.90 Å². The third kappa shape index (κ3) is 3.64. The Balaban J connectivity index is 1.17. The summed E-state index contributed by atoms with van der Waals surface area (Å²) < 4.78 is 4.92. The van der Waals surface area contributed by atoms with Gasteiger partial charge in [0.2, 0.25) is 0 Å². The standard InChI is InChI=1S/C30H42O3S/c1-29(24-6-18-3-19(8-24)9-25(29)7-18)16-22-5-23(15-28(14-22)34-33-32-31)17-30(2)26-10-20-4-21(12-26)13-27(30)11-20/h5,14-15,18-21,24-27,31H,3-4,6-13,16-17H2,1-2H3. The van der Waals surface area contributed by atoms with Gasteiger partial charge in [0.05, 0.1) is 12.0 Å². The average molecular weight is 483 g/mol. The molecule has 0 aliphatic heterocycles. The van der Waals surface area contributed by atoms with Crippen LogP contribution in [0.3, 0.4) is 0 Å². The highest BCUT2D eigenvalue weighted by atomic mass is 32.2. The zero-order valence-corrected chi connectivity index (χ0v) is 21.8. The summed E-state index contributed by atoms with van der Waals surface area (Å²) in [6.45, 7) is 5.23. The quantitative estimate of drug-likeness (QED) is 0.242. The molecule has 0 aromatic heterocycles. The Morgan fingerprint density at radius 1 is 0.676 bits per heavy atom. The smallest absolute Gasteiger partial charge is 0.0714 e. The Labute approximate surface area is 209 Å². The van der Waals surface area contributed by atoms with Crippen LogP contribution in [-0.2, 0) is 22.2 Å². The summed E-state index contributed by atoms with van der Waals surface area (Å²) in [5.74, 6) is 7.68. The number of rotatable bonds is 7. The maximum atomic E-state index is 8.80. The lowest BCUT2D eigenvalue weighted by atomic mass is 9.44. The first-order valence-electron chi connectivity index (χ1n) is 14.2. The van der Waals surface area contributed by atoms with E-state index in [9.17, 15) is 0 Å². The van der Waals surface area contributed by atoms with Gasteiger partial charge in [0.25, 0.3) is 0 Å². The Morgan fingerprint density at radius 3 is 1.41 bits per heavy atom. The van der Waals surface area contributed by atoms with E-state index in [2.05, 4.69) is 37.1 Å². The molecule has 0 amide bonds. The van der Waals surface area contributed by atoms with Gasteiger partial charge in [-0.05, 0) is 158 Å². The zero-order chi connectivity index (χ0) is 23.1. The molecule has 4 heteroatoms. The fourth-order valence-electron chi connectivity index (χ4n) is 11.0. The monoisotopic (exact) mass is 482 g/mol. The minimum Gasteiger partial charge on any atom is -0.220 e. The second-order valence-corrected chi connectivity index (χ2v) is 15.0. The van der Waals surface area contributed by atoms with Crippen LogP contribution in [-0.4, -0.2) is 5.26 Å². The number of hydrogen-bond donors (Lipinski definition) is 1. The van der Waals surface area contributed by atoms with Crippen LogP contribution in [0.5, 0.6) is 0 Å². The molecule has 8 saturated carbocycles. The van der Waals surface area contributed by atoms with E-state index in [1.54, 1.807) is 0 Å². The molecular formula is C30H42O3S. The van der Waals surface area contributed by atoms with Crippen molar-refractivity contribution in [2.45, 2.75) is 95.8 Å². The van der Waals surface area contributed by atoms with E-state index in [0.717, 1.165) is 64.3 Å². The average Bonchev–Trinajstić information content (AvgIpc) is 2.79. The molecule has 186 valence electrons. The van der Waals surface area contributed by atoms with Gasteiger partial charge in [-0.15, -0.1) is 4.33 Å². The summed E-state index contributed by atoms with van der Waals surface area (Å²) in [6.07, 6.45) is 17.2. The minimum absolute atomic E-state index is 0.439. The molecule has 0 unspecified atom stereocenters. The second kappa shape index (κ2) is 8.23. The fraction of sp³-hybridized carbons (Fsp3) is 0.800. The van der Waals surface area contributed by atoms with Crippen LogP contribution in [0.25, 0.3) is 0 Å². The molecule has 8 bridgehead atoms. The summed E-state index contributed by atoms with van der Waals surface area (Å²) in [5.41, 5.74) is 3.83. The predicted molar refractivity (Wildman–Crippen MR) is 135 cm³/mol. The van der Waals surface area contributed by atoms with Gasteiger partial charge < -0.3 is 0 Å². The lowest BCUT2D eigenvalue weighted by Crippen LogP contribution is -2.52. The Morgan fingerprint density at radius 2 is 1.06 bits per heavy atom. The third-order valence-electron chi connectivity index (χ3n) is 12.4. The predicted octanol–water partition coefficient (Wildman–Crippen LogP) is 8.12. The van der Waals surface area contributed by atoms with Gasteiger partial charge in [-0.1, -0.05) is 25.0 Å². The first-order valence-corrected chi connectivity index (χ1v) is 14.9. The lowest BCUT2D eigenvalue weighted by molar-refractivity contribution is -0.432. The Bertz CT molecular complexity index is 817. The SMILES string of the molecule is CC1(Cc2cc(CC3(C)C4CC5CC(C4)CC3C5)cc(SOOO)c2)C2CC3CC(C2)CC1C3. The number of hydrogen-bond acceptors (Lipinski definition) is 4. The first kappa shape index (κ1) is 22.6. The minimum atomic E-state index is 0.439. The van der Waals surface area contributed by atoms with E-state index < -0.39 is 0 Å². The molecule has 8 fully saturated rings. The van der Waals surface area contributed by atoms with E-state index in [0.29, 0.717) is 10.8 Å². The highest BCUT2D eigenvalue weighted by Crippen LogP contribution is 2.64. The van der Waals surface area contributed by atoms with Gasteiger partial charge in [-0.3, -0.25) is 0 Å². The summed E-state index contributed by atoms with van der Waals surface area (Å²) in [5, 5.41) is 12.8. The molecule has 3 nitrogen and oxygen atoms in total. The van der Waals surface area contributed by atoms with E-state index in [1.807, 2.05) is 0 Å². The van der Waals surface area contributed by atoms with Crippen molar-refractivity contribution >= 4 is 12.0 Å². The van der Waals surface area contributed by atoms with Crippen LogP contribution in [0, 0.1) is 58.2 Å². The van der Waals surface area contributed by atoms with Gasteiger partial charge in [-0.25, -0.2) is 5.26 Å². The molecule has 0 spiro atoms. The van der Waals surface area contributed by atoms with Crippen LogP contribution >= 0.6 is 12.0 Å². The van der Waals surface area contributed by atoms with Crippen molar-refractivity contribution in [2.24, 2.45) is 58.2 Å². The van der Waals surface area contributed by atoms with E-state index in [1.165, 1.54) is 88.2 Å². The summed E-state index contributed by atoms with van der Waals surface area (Å²) in [6, 6.07) is 7.17. The van der Waals surface area contributed by atoms with Gasteiger partial charge in [0.15, 0.2) is 0 Å². The lowest BCUT2D eigenvalue weighted by Gasteiger charge is -2.61. The molecule has 8 aliphatic carbocycles. The maximum absolute atomic E-state index is 8.80. The van der Waals surface area contributed by atoms with E-state index >= 15 is 0 Å². The molecular weight excluding hydrogens is 440 g/mol. The summed E-state index contributed by atoms with van der Waals surface area (Å²) in [7, 11) is 0. The molecule has 34 heavy (non-hydrogen) atoms. The van der Waals surface area contributed by atoms with E-state index in [4.69, 9.17) is 9.59 Å². The molecule has 1 N–H and O–H groups in total. The summed E-state index contributed by atoms with van der Waals surface area (Å²) >= 11 is 1.16. The highest BCUT2D eigenvalue weighted by molar-refractivity contribution is 7.94. The van der Waals surface area contributed by atoms with Crippen molar-refractivity contribution in [1.82, 2.24) is 0 Å². The van der Waals surface area contributed by atoms with Gasteiger partial charge in [-0.2, -0.15) is 0 Å².